The van der Waals surface area contributed by atoms with E-state index >= 15 is 0 Å². The summed E-state index contributed by atoms with van der Waals surface area (Å²) in [5.74, 6) is 0.507. The van der Waals surface area contributed by atoms with Crippen LogP contribution in [0.4, 0.5) is 0 Å². The highest BCUT2D eigenvalue weighted by Gasteiger charge is 1.99. The molecule has 0 aromatic heterocycles. The molecule has 0 saturated heterocycles. The number of carbonyl (C=O) groups is 2. The fraction of sp³-hybridized carbons (Fsp3) is 0.875. The molecule has 1 amide bonds. The molecule has 0 radical (unpaired) electrons. The van der Waals surface area contributed by atoms with Gasteiger partial charge in [0.05, 0.1) is 0 Å². The van der Waals surface area contributed by atoms with Crippen molar-refractivity contribution in [3.63, 3.8) is 0 Å². The average Bonchev–Trinajstić information content (AvgIpc) is 2.38. The van der Waals surface area contributed by atoms with E-state index in [2.05, 4.69) is 12.2 Å². The summed E-state index contributed by atoms with van der Waals surface area (Å²) in [6.45, 7) is 4.53. The molecule has 3 nitrogen and oxygen atoms in total. The summed E-state index contributed by atoms with van der Waals surface area (Å²) in [7, 11) is 0. The van der Waals surface area contributed by atoms with E-state index in [1.807, 2.05) is 0 Å². The summed E-state index contributed by atoms with van der Waals surface area (Å²) >= 11 is 0. The van der Waals surface area contributed by atoms with Gasteiger partial charge in [0.25, 0.3) is 0 Å². The van der Waals surface area contributed by atoms with Crippen LogP contribution in [0.15, 0.2) is 0 Å². The third-order valence-electron chi connectivity index (χ3n) is 3.25. The number of carbonyl (C=O) groups excluding carboxylic acids is 2. The number of ketones is 1. The van der Waals surface area contributed by atoms with Crippen molar-refractivity contribution in [2.75, 3.05) is 6.54 Å². The quantitative estimate of drug-likeness (QED) is 0.514. The van der Waals surface area contributed by atoms with E-state index in [1.165, 1.54) is 32.1 Å². The molecule has 0 saturated carbocycles. The molecule has 0 unspecified atom stereocenters. The van der Waals surface area contributed by atoms with Crippen LogP contribution in [0.25, 0.3) is 0 Å². The van der Waals surface area contributed by atoms with Gasteiger partial charge in [-0.05, 0) is 26.2 Å². The van der Waals surface area contributed by atoms with Gasteiger partial charge in [-0.15, -0.1) is 0 Å². The molecule has 0 heterocycles. The molecule has 0 aliphatic rings. The zero-order valence-corrected chi connectivity index (χ0v) is 12.8. The van der Waals surface area contributed by atoms with Gasteiger partial charge >= 0.3 is 0 Å². The van der Waals surface area contributed by atoms with Gasteiger partial charge in [0, 0.05) is 19.4 Å². The van der Waals surface area contributed by atoms with E-state index in [1.54, 1.807) is 6.92 Å². The molecule has 0 aliphatic heterocycles. The van der Waals surface area contributed by atoms with Crippen LogP contribution >= 0.6 is 0 Å². The first kappa shape index (κ1) is 18.1. The monoisotopic (exact) mass is 269 g/mol. The minimum absolute atomic E-state index is 0.200. The molecule has 1 N–H and O–H groups in total. The first-order valence-corrected chi connectivity index (χ1v) is 7.93. The summed E-state index contributed by atoms with van der Waals surface area (Å²) in [4.78, 5) is 22.1. The number of unbranched alkanes of at least 4 members (excludes halogenated alkanes) is 7. The number of Topliss-reactive ketones (excluding diaryl/α,β-unsaturated/α-hetero) is 1. The molecule has 0 rings (SSSR count). The summed E-state index contributed by atoms with van der Waals surface area (Å²) < 4.78 is 0. The van der Waals surface area contributed by atoms with Gasteiger partial charge in [-0.1, -0.05) is 45.4 Å². The van der Waals surface area contributed by atoms with Gasteiger partial charge < -0.3 is 10.1 Å². The van der Waals surface area contributed by atoms with Crippen LogP contribution < -0.4 is 5.32 Å². The fourth-order valence-electron chi connectivity index (χ4n) is 2.07. The first-order chi connectivity index (χ1) is 9.16. The normalized spacial score (nSPS) is 10.4. The maximum absolute atomic E-state index is 11.3. The molecule has 0 spiro atoms. The Morgan fingerprint density at radius 3 is 1.74 bits per heavy atom. The zero-order valence-electron chi connectivity index (χ0n) is 12.8. The Morgan fingerprint density at radius 2 is 1.26 bits per heavy atom. The summed E-state index contributed by atoms with van der Waals surface area (Å²) in [5, 5.41) is 2.90. The highest BCUT2D eigenvalue weighted by atomic mass is 16.1. The van der Waals surface area contributed by atoms with E-state index in [-0.39, 0.29) is 5.91 Å². The van der Waals surface area contributed by atoms with Gasteiger partial charge in [-0.25, -0.2) is 0 Å². The number of nitrogens with one attached hydrogen (secondary N) is 1. The highest BCUT2D eigenvalue weighted by Crippen LogP contribution is 2.10. The molecule has 19 heavy (non-hydrogen) atoms. The molecule has 0 aliphatic carbocycles. The van der Waals surface area contributed by atoms with Gasteiger partial charge in [0.2, 0.25) is 5.91 Å². The van der Waals surface area contributed by atoms with Crippen molar-refractivity contribution >= 4 is 11.7 Å². The van der Waals surface area contributed by atoms with E-state index < -0.39 is 0 Å². The molecule has 0 bridgehead atoms. The van der Waals surface area contributed by atoms with E-state index in [0.29, 0.717) is 12.2 Å². The smallest absolute Gasteiger partial charge is 0.219 e. The van der Waals surface area contributed by atoms with Crippen molar-refractivity contribution in [2.45, 2.75) is 84.5 Å². The SMILES string of the molecule is CCCNC(=O)CCCCCCCCCCC(C)=O. The largest absolute Gasteiger partial charge is 0.356 e. The highest BCUT2D eigenvalue weighted by molar-refractivity contribution is 5.75. The summed E-state index contributed by atoms with van der Waals surface area (Å²) in [6.07, 6.45) is 11.8. The lowest BCUT2D eigenvalue weighted by molar-refractivity contribution is -0.121. The standard InChI is InChI=1S/C16H31NO2/c1-3-14-17-16(19)13-11-9-7-5-4-6-8-10-12-15(2)18/h3-14H2,1-2H3,(H,17,19). The van der Waals surface area contributed by atoms with Crippen LogP contribution in [0.5, 0.6) is 0 Å². The van der Waals surface area contributed by atoms with E-state index in [9.17, 15) is 9.59 Å². The van der Waals surface area contributed by atoms with Gasteiger partial charge in [0.15, 0.2) is 0 Å². The van der Waals surface area contributed by atoms with Crippen molar-refractivity contribution in [1.29, 1.82) is 0 Å². The Bertz CT molecular complexity index is 239. The molecule has 0 aromatic rings. The lowest BCUT2D eigenvalue weighted by Gasteiger charge is -2.03. The van der Waals surface area contributed by atoms with Crippen molar-refractivity contribution in [3.8, 4) is 0 Å². The first-order valence-electron chi connectivity index (χ1n) is 7.93. The molecule has 3 heteroatoms. The summed E-state index contributed by atoms with van der Waals surface area (Å²) in [5.41, 5.74) is 0. The maximum Gasteiger partial charge on any atom is 0.219 e. The number of hydrogen-bond acceptors (Lipinski definition) is 2. The average molecular weight is 269 g/mol. The van der Waals surface area contributed by atoms with Crippen molar-refractivity contribution < 1.29 is 9.59 Å². The second kappa shape index (κ2) is 13.6. The van der Waals surface area contributed by atoms with Gasteiger partial charge in [-0.2, -0.15) is 0 Å². The molecular weight excluding hydrogens is 238 g/mol. The number of hydrogen-bond donors (Lipinski definition) is 1. The zero-order chi connectivity index (χ0) is 14.3. The van der Waals surface area contributed by atoms with Crippen LogP contribution in [0.3, 0.4) is 0 Å². The third kappa shape index (κ3) is 15.1. The molecular formula is C16H31NO2. The number of rotatable bonds is 13. The second-order valence-electron chi connectivity index (χ2n) is 5.38. The minimum Gasteiger partial charge on any atom is -0.356 e. The van der Waals surface area contributed by atoms with Crippen molar-refractivity contribution in [1.82, 2.24) is 5.32 Å². The Balaban J connectivity index is 3.10. The van der Waals surface area contributed by atoms with Crippen LogP contribution in [0.2, 0.25) is 0 Å². The summed E-state index contributed by atoms with van der Waals surface area (Å²) in [6, 6.07) is 0. The van der Waals surface area contributed by atoms with Gasteiger partial charge in [-0.3, -0.25) is 4.79 Å². The maximum atomic E-state index is 11.3. The van der Waals surface area contributed by atoms with Crippen molar-refractivity contribution in [3.05, 3.63) is 0 Å². The van der Waals surface area contributed by atoms with Gasteiger partial charge in [0.1, 0.15) is 5.78 Å². The fourth-order valence-corrected chi connectivity index (χ4v) is 2.07. The lowest BCUT2D eigenvalue weighted by Crippen LogP contribution is -2.23. The number of amides is 1. The topological polar surface area (TPSA) is 46.2 Å². The van der Waals surface area contributed by atoms with Crippen LogP contribution in [-0.2, 0) is 9.59 Å². The molecule has 0 atom stereocenters. The predicted molar refractivity (Wildman–Crippen MR) is 80.2 cm³/mol. The predicted octanol–water partition coefficient (Wildman–Crippen LogP) is 4.00. The Hall–Kier alpha value is -0.860. The van der Waals surface area contributed by atoms with E-state index in [0.717, 1.165) is 38.6 Å². The minimum atomic E-state index is 0.200. The molecule has 0 aromatic carbocycles. The van der Waals surface area contributed by atoms with Crippen LogP contribution in [0.1, 0.15) is 84.5 Å². The third-order valence-corrected chi connectivity index (χ3v) is 3.25. The van der Waals surface area contributed by atoms with Crippen LogP contribution in [-0.4, -0.2) is 18.2 Å². The Kier molecular flexibility index (Phi) is 13.0. The lowest BCUT2D eigenvalue weighted by atomic mass is 10.1. The van der Waals surface area contributed by atoms with E-state index in [4.69, 9.17) is 0 Å². The molecule has 0 fully saturated rings. The van der Waals surface area contributed by atoms with Crippen molar-refractivity contribution in [2.24, 2.45) is 0 Å². The Labute approximate surface area is 118 Å². The molecule has 112 valence electrons. The second-order valence-corrected chi connectivity index (χ2v) is 5.38. The Morgan fingerprint density at radius 1 is 0.789 bits per heavy atom. The van der Waals surface area contributed by atoms with Crippen LogP contribution in [0, 0.1) is 0 Å².